The number of hydrogen-bond acceptors (Lipinski definition) is 3. The maximum absolute atomic E-state index is 12.0. The SMILES string of the molecule is O=C(O)CCc1ccc(O)cc1OC(F)(F)F. The van der Waals surface area contributed by atoms with Crippen molar-refractivity contribution < 1.29 is 32.9 Å². The van der Waals surface area contributed by atoms with Gasteiger partial charge in [0.2, 0.25) is 0 Å². The van der Waals surface area contributed by atoms with Crippen molar-refractivity contribution in [2.45, 2.75) is 19.2 Å². The number of aliphatic carboxylic acids is 1. The first kappa shape index (κ1) is 13.1. The first-order valence-electron chi connectivity index (χ1n) is 4.57. The second-order valence-electron chi connectivity index (χ2n) is 3.23. The highest BCUT2D eigenvalue weighted by Crippen LogP contribution is 2.30. The summed E-state index contributed by atoms with van der Waals surface area (Å²) >= 11 is 0. The molecule has 0 aliphatic carbocycles. The van der Waals surface area contributed by atoms with E-state index in [-0.39, 0.29) is 24.2 Å². The number of hydrogen-bond donors (Lipinski definition) is 2. The van der Waals surface area contributed by atoms with Gasteiger partial charge in [0, 0.05) is 12.5 Å². The monoisotopic (exact) mass is 250 g/mol. The lowest BCUT2D eigenvalue weighted by Gasteiger charge is -2.13. The highest BCUT2D eigenvalue weighted by Gasteiger charge is 2.32. The Hall–Kier alpha value is -1.92. The molecule has 0 unspecified atom stereocenters. The molecule has 2 N–H and O–H groups in total. The molecule has 7 heteroatoms. The molecule has 0 amide bonds. The van der Waals surface area contributed by atoms with E-state index in [0.717, 1.165) is 6.07 Å². The van der Waals surface area contributed by atoms with E-state index in [0.29, 0.717) is 0 Å². The third kappa shape index (κ3) is 4.62. The average molecular weight is 250 g/mol. The van der Waals surface area contributed by atoms with Crippen LogP contribution in [0.3, 0.4) is 0 Å². The summed E-state index contributed by atoms with van der Waals surface area (Å²) in [7, 11) is 0. The minimum Gasteiger partial charge on any atom is -0.508 e. The van der Waals surface area contributed by atoms with E-state index in [1.165, 1.54) is 12.1 Å². The van der Waals surface area contributed by atoms with Crippen molar-refractivity contribution >= 4 is 5.97 Å². The van der Waals surface area contributed by atoms with E-state index in [4.69, 9.17) is 10.2 Å². The Labute approximate surface area is 94.3 Å². The number of carbonyl (C=O) groups is 1. The molecule has 0 radical (unpaired) electrons. The van der Waals surface area contributed by atoms with Gasteiger partial charge >= 0.3 is 12.3 Å². The molecule has 0 fully saturated rings. The molecule has 0 aromatic heterocycles. The van der Waals surface area contributed by atoms with Crippen LogP contribution in [0.2, 0.25) is 0 Å². The predicted octanol–water partition coefficient (Wildman–Crippen LogP) is 2.31. The number of rotatable bonds is 4. The minimum atomic E-state index is -4.88. The van der Waals surface area contributed by atoms with Crippen LogP contribution in [0.25, 0.3) is 0 Å². The van der Waals surface area contributed by atoms with Crippen LogP contribution in [0, 0.1) is 0 Å². The molecule has 0 aliphatic heterocycles. The third-order valence-electron chi connectivity index (χ3n) is 1.88. The Morgan fingerprint density at radius 3 is 2.53 bits per heavy atom. The average Bonchev–Trinajstić information content (AvgIpc) is 2.13. The fourth-order valence-electron chi connectivity index (χ4n) is 1.21. The number of carboxylic acid groups (broad SMARTS) is 1. The number of halogens is 3. The largest absolute Gasteiger partial charge is 0.573 e. The highest BCUT2D eigenvalue weighted by atomic mass is 19.4. The van der Waals surface area contributed by atoms with Crippen LogP contribution in [-0.2, 0) is 11.2 Å². The number of aryl methyl sites for hydroxylation is 1. The quantitative estimate of drug-likeness (QED) is 0.860. The van der Waals surface area contributed by atoms with Crippen molar-refractivity contribution in [2.24, 2.45) is 0 Å². The summed E-state index contributed by atoms with van der Waals surface area (Å²) in [6.07, 6.45) is -5.31. The molecule has 0 heterocycles. The van der Waals surface area contributed by atoms with Gasteiger partial charge in [0.05, 0.1) is 0 Å². The Bertz CT molecular complexity index is 415. The van der Waals surface area contributed by atoms with Crippen LogP contribution in [0.1, 0.15) is 12.0 Å². The molecule has 0 saturated heterocycles. The molecule has 1 rings (SSSR count). The van der Waals surface area contributed by atoms with Gasteiger partial charge in [-0.3, -0.25) is 4.79 Å². The van der Waals surface area contributed by atoms with Crippen LogP contribution in [0.15, 0.2) is 18.2 Å². The maximum atomic E-state index is 12.0. The van der Waals surface area contributed by atoms with Crippen molar-refractivity contribution in [2.75, 3.05) is 0 Å². The van der Waals surface area contributed by atoms with E-state index in [2.05, 4.69) is 4.74 Å². The summed E-state index contributed by atoms with van der Waals surface area (Å²) in [4.78, 5) is 10.3. The standard InChI is InChI=1S/C10H9F3O4/c11-10(12,13)17-8-5-7(14)3-1-6(8)2-4-9(15)16/h1,3,5,14H,2,4H2,(H,15,16). The number of ether oxygens (including phenoxy) is 1. The Balaban J connectivity index is 2.91. The fraction of sp³-hybridized carbons (Fsp3) is 0.300. The minimum absolute atomic E-state index is 0.0718. The van der Waals surface area contributed by atoms with Crippen molar-refractivity contribution in [3.05, 3.63) is 23.8 Å². The van der Waals surface area contributed by atoms with E-state index in [1.54, 1.807) is 0 Å². The van der Waals surface area contributed by atoms with Crippen LogP contribution in [0.4, 0.5) is 13.2 Å². The van der Waals surface area contributed by atoms with Gasteiger partial charge in [0.1, 0.15) is 11.5 Å². The number of carboxylic acids is 1. The summed E-state index contributed by atoms with van der Waals surface area (Å²) in [5.74, 6) is -2.10. The number of phenolic OH excluding ortho intramolecular Hbond substituents is 1. The lowest BCUT2D eigenvalue weighted by Crippen LogP contribution is -2.18. The van der Waals surface area contributed by atoms with Gasteiger partial charge in [0.15, 0.2) is 0 Å². The zero-order chi connectivity index (χ0) is 13.1. The second-order valence-corrected chi connectivity index (χ2v) is 3.23. The van der Waals surface area contributed by atoms with Gasteiger partial charge < -0.3 is 14.9 Å². The van der Waals surface area contributed by atoms with E-state index in [9.17, 15) is 18.0 Å². The number of aromatic hydroxyl groups is 1. The Morgan fingerprint density at radius 1 is 1.35 bits per heavy atom. The zero-order valence-corrected chi connectivity index (χ0v) is 8.49. The maximum Gasteiger partial charge on any atom is 0.573 e. The highest BCUT2D eigenvalue weighted by molar-refractivity contribution is 5.67. The van der Waals surface area contributed by atoms with Gasteiger partial charge in [-0.05, 0) is 18.1 Å². The summed E-state index contributed by atoms with van der Waals surface area (Å²) in [5, 5.41) is 17.5. The van der Waals surface area contributed by atoms with Crippen LogP contribution < -0.4 is 4.74 Å². The first-order chi connectivity index (χ1) is 7.78. The van der Waals surface area contributed by atoms with Crippen LogP contribution in [-0.4, -0.2) is 22.5 Å². The van der Waals surface area contributed by atoms with Crippen molar-refractivity contribution in [3.8, 4) is 11.5 Å². The molecule has 0 bridgehead atoms. The van der Waals surface area contributed by atoms with Crippen molar-refractivity contribution in [3.63, 3.8) is 0 Å². The number of alkyl halides is 3. The molecule has 1 aromatic rings. The van der Waals surface area contributed by atoms with E-state index in [1.807, 2.05) is 0 Å². The smallest absolute Gasteiger partial charge is 0.508 e. The summed E-state index contributed by atoms with van der Waals surface area (Å²) in [5.41, 5.74) is 0.0718. The summed E-state index contributed by atoms with van der Waals surface area (Å²) < 4.78 is 39.8. The normalized spacial score (nSPS) is 11.2. The van der Waals surface area contributed by atoms with Crippen LogP contribution >= 0.6 is 0 Å². The molecule has 17 heavy (non-hydrogen) atoms. The van der Waals surface area contributed by atoms with E-state index >= 15 is 0 Å². The Morgan fingerprint density at radius 2 is 2.00 bits per heavy atom. The fourth-order valence-corrected chi connectivity index (χ4v) is 1.21. The van der Waals surface area contributed by atoms with Gasteiger partial charge in [0.25, 0.3) is 0 Å². The number of benzene rings is 1. The number of phenols is 1. The lowest BCUT2D eigenvalue weighted by molar-refractivity contribution is -0.274. The van der Waals surface area contributed by atoms with Gasteiger partial charge in [-0.2, -0.15) is 0 Å². The third-order valence-corrected chi connectivity index (χ3v) is 1.88. The first-order valence-corrected chi connectivity index (χ1v) is 4.57. The topological polar surface area (TPSA) is 66.8 Å². The van der Waals surface area contributed by atoms with Gasteiger partial charge in [-0.15, -0.1) is 13.2 Å². The molecule has 0 saturated carbocycles. The molecule has 0 atom stereocenters. The molecular weight excluding hydrogens is 241 g/mol. The second kappa shape index (κ2) is 4.94. The summed E-state index contributed by atoms with van der Waals surface area (Å²) in [6.45, 7) is 0. The predicted molar refractivity (Wildman–Crippen MR) is 50.7 cm³/mol. The van der Waals surface area contributed by atoms with Crippen molar-refractivity contribution in [1.29, 1.82) is 0 Å². The Kier molecular flexibility index (Phi) is 3.82. The molecule has 0 aliphatic rings. The molecule has 4 nitrogen and oxygen atoms in total. The summed E-state index contributed by atoms with van der Waals surface area (Å²) in [6, 6.07) is 3.16. The van der Waals surface area contributed by atoms with Crippen molar-refractivity contribution in [1.82, 2.24) is 0 Å². The molecular formula is C10H9F3O4. The van der Waals surface area contributed by atoms with Gasteiger partial charge in [-0.1, -0.05) is 6.07 Å². The van der Waals surface area contributed by atoms with Gasteiger partial charge in [-0.25, -0.2) is 0 Å². The molecule has 0 spiro atoms. The molecule has 94 valence electrons. The zero-order valence-electron chi connectivity index (χ0n) is 8.49. The van der Waals surface area contributed by atoms with E-state index < -0.39 is 18.1 Å². The lowest BCUT2D eigenvalue weighted by atomic mass is 10.1. The van der Waals surface area contributed by atoms with Crippen LogP contribution in [0.5, 0.6) is 11.5 Å². The molecule has 1 aromatic carbocycles.